The first kappa shape index (κ1) is 22.5. The Labute approximate surface area is 194 Å². The first-order chi connectivity index (χ1) is 15.8. The number of carbonyl (C=O) groups excluding carboxylic acids is 2. The van der Waals surface area contributed by atoms with Gasteiger partial charge in [0.15, 0.2) is 10.9 Å². The normalized spacial score (nSPS) is 15.2. The maximum absolute atomic E-state index is 12.9. The highest BCUT2D eigenvalue weighted by Crippen LogP contribution is 2.29. The van der Waals surface area contributed by atoms with E-state index in [1.807, 2.05) is 24.3 Å². The second-order valence-electron chi connectivity index (χ2n) is 6.93. The summed E-state index contributed by atoms with van der Waals surface area (Å²) in [6.45, 7) is 1.36. The van der Waals surface area contributed by atoms with E-state index in [1.165, 1.54) is 49.2 Å². The highest BCUT2D eigenvalue weighted by atomic mass is 32.2. The summed E-state index contributed by atoms with van der Waals surface area (Å²) in [5.41, 5.74) is 0.890. The largest absolute Gasteiger partial charge is 0.378 e. The second-order valence-corrected chi connectivity index (χ2v) is 9.44. The molecule has 0 unspecified atom stereocenters. The molecule has 0 saturated carbocycles. The van der Waals surface area contributed by atoms with Crippen molar-refractivity contribution in [3.8, 4) is 5.75 Å². The number of thioether (sulfide) groups is 1. The highest BCUT2D eigenvalue weighted by Gasteiger charge is 2.20. The molecule has 2 amide bonds. The fourth-order valence-electron chi connectivity index (χ4n) is 3.07. The third-order valence-corrected chi connectivity index (χ3v) is 6.63. The number of amides is 2. The topological polar surface area (TPSA) is 126 Å². The van der Waals surface area contributed by atoms with Crippen molar-refractivity contribution in [2.24, 2.45) is 10.2 Å². The van der Waals surface area contributed by atoms with Crippen molar-refractivity contribution in [3.63, 3.8) is 0 Å². The predicted octanol–water partition coefficient (Wildman–Crippen LogP) is 3.12. The van der Waals surface area contributed by atoms with Crippen molar-refractivity contribution in [1.82, 2.24) is 5.32 Å². The third kappa shape index (κ3) is 5.38. The van der Waals surface area contributed by atoms with Gasteiger partial charge in [-0.05, 0) is 41.1 Å². The molecule has 0 atom stereocenters. The molecule has 2 N–H and O–H groups in total. The Morgan fingerprint density at radius 1 is 1.12 bits per heavy atom. The van der Waals surface area contributed by atoms with Crippen LogP contribution in [-0.2, 0) is 19.7 Å². The van der Waals surface area contributed by atoms with E-state index >= 15 is 0 Å². The van der Waals surface area contributed by atoms with E-state index in [4.69, 9.17) is 4.18 Å². The molecular weight excluding hydrogens is 464 g/mol. The molecule has 0 aromatic heterocycles. The smallest absolute Gasteiger partial charge is 0.339 e. The van der Waals surface area contributed by atoms with Crippen molar-refractivity contribution in [3.05, 3.63) is 66.2 Å². The molecule has 3 aromatic carbocycles. The number of fused-ring (bicyclic) bond motifs is 1. The van der Waals surface area contributed by atoms with E-state index in [0.29, 0.717) is 16.4 Å². The van der Waals surface area contributed by atoms with E-state index < -0.39 is 10.1 Å². The van der Waals surface area contributed by atoms with Gasteiger partial charge in [0.2, 0.25) is 11.8 Å². The van der Waals surface area contributed by atoms with Crippen LogP contribution in [0.1, 0.15) is 12.5 Å². The molecule has 0 radical (unpaired) electrons. The zero-order valence-electron chi connectivity index (χ0n) is 17.3. The summed E-state index contributed by atoms with van der Waals surface area (Å²) in [5.74, 6) is -0.0674. The van der Waals surface area contributed by atoms with Crippen LogP contribution in [0.5, 0.6) is 5.75 Å². The lowest BCUT2D eigenvalue weighted by molar-refractivity contribution is -0.117. The molecule has 0 aliphatic carbocycles. The van der Waals surface area contributed by atoms with Crippen molar-refractivity contribution >= 4 is 61.5 Å². The molecule has 1 aliphatic rings. The number of hydrogen-bond acceptors (Lipinski definition) is 8. The van der Waals surface area contributed by atoms with Crippen molar-refractivity contribution < 1.29 is 22.2 Å². The van der Waals surface area contributed by atoms with Crippen molar-refractivity contribution in [1.29, 1.82) is 0 Å². The van der Waals surface area contributed by atoms with Gasteiger partial charge in [0.1, 0.15) is 4.90 Å². The molecule has 4 rings (SSSR count). The minimum atomic E-state index is -4.17. The van der Waals surface area contributed by atoms with Gasteiger partial charge in [-0.25, -0.2) is 0 Å². The van der Waals surface area contributed by atoms with E-state index in [9.17, 15) is 18.0 Å². The fraction of sp³-hybridized carbons (Fsp3) is 0.0909. The zero-order chi connectivity index (χ0) is 23.4. The van der Waals surface area contributed by atoms with Gasteiger partial charge in [0.25, 0.3) is 0 Å². The molecular formula is C22H18N4O5S2. The summed E-state index contributed by atoms with van der Waals surface area (Å²) in [7, 11) is -4.17. The summed E-state index contributed by atoms with van der Waals surface area (Å²) < 4.78 is 31.3. The number of anilines is 1. The van der Waals surface area contributed by atoms with Crippen LogP contribution >= 0.6 is 11.8 Å². The van der Waals surface area contributed by atoms with E-state index in [1.54, 1.807) is 12.1 Å². The van der Waals surface area contributed by atoms with Gasteiger partial charge in [-0.1, -0.05) is 42.1 Å². The average Bonchev–Trinajstić information content (AvgIpc) is 3.20. The maximum Gasteiger partial charge on any atom is 0.339 e. The van der Waals surface area contributed by atoms with Crippen LogP contribution in [0.25, 0.3) is 10.8 Å². The van der Waals surface area contributed by atoms with Gasteiger partial charge in [-0.15, -0.1) is 5.10 Å². The molecule has 1 fully saturated rings. The van der Waals surface area contributed by atoms with Crippen molar-refractivity contribution in [2.45, 2.75) is 11.8 Å². The number of rotatable bonds is 6. The van der Waals surface area contributed by atoms with Gasteiger partial charge < -0.3 is 14.8 Å². The lowest BCUT2D eigenvalue weighted by Gasteiger charge is -2.12. The molecule has 1 saturated heterocycles. The second kappa shape index (κ2) is 9.43. The van der Waals surface area contributed by atoms with Crippen LogP contribution in [0.3, 0.4) is 0 Å². The molecule has 1 aliphatic heterocycles. The fourth-order valence-corrected chi connectivity index (χ4v) is 4.65. The van der Waals surface area contributed by atoms with Crippen LogP contribution in [0.2, 0.25) is 0 Å². The van der Waals surface area contributed by atoms with Crippen LogP contribution in [0, 0.1) is 0 Å². The summed E-state index contributed by atoms with van der Waals surface area (Å²) in [4.78, 5) is 22.4. The summed E-state index contributed by atoms with van der Waals surface area (Å²) in [5, 5.41) is 15.1. The molecule has 11 heteroatoms. The van der Waals surface area contributed by atoms with Crippen LogP contribution < -0.4 is 14.8 Å². The van der Waals surface area contributed by atoms with Gasteiger partial charge in [-0.3, -0.25) is 9.59 Å². The number of hydrogen-bond donors (Lipinski definition) is 2. The van der Waals surface area contributed by atoms with Gasteiger partial charge >= 0.3 is 10.1 Å². The van der Waals surface area contributed by atoms with Crippen LogP contribution in [0.4, 0.5) is 5.69 Å². The number of benzene rings is 3. The zero-order valence-corrected chi connectivity index (χ0v) is 18.9. The Balaban J connectivity index is 1.67. The van der Waals surface area contributed by atoms with Gasteiger partial charge in [0.05, 0.1) is 12.0 Å². The minimum absolute atomic E-state index is 0.0713. The maximum atomic E-state index is 12.9. The Morgan fingerprint density at radius 3 is 2.58 bits per heavy atom. The Bertz CT molecular complexity index is 1400. The molecule has 168 valence electrons. The Morgan fingerprint density at radius 2 is 1.88 bits per heavy atom. The van der Waals surface area contributed by atoms with E-state index in [-0.39, 0.29) is 28.2 Å². The van der Waals surface area contributed by atoms with Crippen LogP contribution in [-0.4, -0.2) is 37.4 Å². The number of carbonyl (C=O) groups is 2. The molecule has 0 bridgehead atoms. The lowest BCUT2D eigenvalue weighted by atomic mass is 10.0. The lowest BCUT2D eigenvalue weighted by Crippen LogP contribution is -2.19. The van der Waals surface area contributed by atoms with E-state index in [0.717, 1.165) is 10.8 Å². The number of nitrogens with one attached hydrogen (secondary N) is 2. The minimum Gasteiger partial charge on any atom is -0.378 e. The number of nitrogens with zero attached hydrogens (tertiary/aromatic N) is 2. The molecule has 33 heavy (non-hydrogen) atoms. The Hall–Kier alpha value is -3.70. The summed E-state index contributed by atoms with van der Waals surface area (Å²) >= 11 is 1.23. The average molecular weight is 483 g/mol. The summed E-state index contributed by atoms with van der Waals surface area (Å²) in [6.07, 6.45) is 1.39. The monoisotopic (exact) mass is 482 g/mol. The highest BCUT2D eigenvalue weighted by molar-refractivity contribution is 8.15. The SMILES string of the molecule is CC(=O)Nc1ccc(S(=O)(=O)Oc2ccc3ccccc3c2C=NN=C2NC(=O)CS2)cc1. The summed E-state index contributed by atoms with van der Waals surface area (Å²) in [6, 6.07) is 16.3. The van der Waals surface area contributed by atoms with Gasteiger partial charge in [0, 0.05) is 18.2 Å². The Kier molecular flexibility index (Phi) is 6.43. The number of amidine groups is 1. The third-order valence-electron chi connectivity index (χ3n) is 4.52. The van der Waals surface area contributed by atoms with Crippen LogP contribution in [0.15, 0.2) is 75.8 Å². The molecule has 3 aromatic rings. The first-order valence-corrected chi connectivity index (χ1v) is 12.1. The van der Waals surface area contributed by atoms with Crippen molar-refractivity contribution in [2.75, 3.05) is 11.1 Å². The van der Waals surface area contributed by atoms with Gasteiger partial charge in [-0.2, -0.15) is 13.5 Å². The molecule has 0 spiro atoms. The van der Waals surface area contributed by atoms with E-state index in [2.05, 4.69) is 20.8 Å². The first-order valence-electron chi connectivity index (χ1n) is 9.69. The quantitative estimate of drug-likeness (QED) is 0.316. The molecule has 1 heterocycles. The standard InChI is InChI=1S/C22H18N4O5S2/c1-14(27)24-16-7-9-17(10-8-16)33(29,30)31-20-11-6-15-4-2-3-5-18(15)19(20)12-23-26-22-25-21(28)13-32-22/h2-12H,13H2,1H3,(H,24,27)(H,25,26,28). The predicted molar refractivity (Wildman–Crippen MR) is 128 cm³/mol. The molecule has 9 nitrogen and oxygen atoms in total.